The zero-order valence-corrected chi connectivity index (χ0v) is 7.02. The fourth-order valence-electron chi connectivity index (χ4n) is 1.01. The van der Waals surface area contributed by atoms with Gasteiger partial charge >= 0.3 is 0 Å². The molecule has 0 saturated carbocycles. The fraction of sp³-hybridized carbons (Fsp3) is 0. The number of aromatic nitrogens is 2. The van der Waals surface area contributed by atoms with Gasteiger partial charge in [-0.05, 0) is 18.0 Å². The Morgan fingerprint density at radius 2 is 2.00 bits per heavy atom. The van der Waals surface area contributed by atoms with E-state index in [0.717, 1.165) is 16.9 Å². The van der Waals surface area contributed by atoms with E-state index < -0.39 is 0 Å². The van der Waals surface area contributed by atoms with Crippen LogP contribution in [0, 0.1) is 6.92 Å². The predicted octanol–water partition coefficient (Wildman–Crippen LogP) is 1.74. The second kappa shape index (κ2) is 2.99. The number of hydrogen-bond acceptors (Lipinski definition) is 1. The summed E-state index contributed by atoms with van der Waals surface area (Å²) in [5.41, 5.74) is 2.03. The number of imidazole rings is 1. The maximum absolute atomic E-state index is 4.15. The van der Waals surface area contributed by atoms with Gasteiger partial charge in [0.2, 0.25) is 0 Å². The number of fused-ring (bicyclic) bond motifs is 1. The van der Waals surface area contributed by atoms with Gasteiger partial charge in [-0.3, -0.25) is 4.98 Å². The molecule has 1 N–H and O–H groups in total. The number of aromatic amines is 1. The molecule has 3 heteroatoms. The number of para-hydroxylation sites is 2. The summed E-state index contributed by atoms with van der Waals surface area (Å²) in [4.78, 5) is 7.18. The monoisotopic (exact) mass is 186 g/mol. The molecule has 0 saturated heterocycles. The number of rotatable bonds is 0. The van der Waals surface area contributed by atoms with Crippen molar-refractivity contribution in [1.82, 2.24) is 9.97 Å². The summed E-state index contributed by atoms with van der Waals surface area (Å²) in [7, 11) is 0. The molecule has 1 aromatic heterocycles. The van der Waals surface area contributed by atoms with Crippen LogP contribution in [0.1, 0.15) is 5.82 Å². The summed E-state index contributed by atoms with van der Waals surface area (Å²) < 4.78 is 0. The zero-order valence-electron chi connectivity index (χ0n) is 5.84. The second-order valence-electron chi connectivity index (χ2n) is 2.20. The van der Waals surface area contributed by atoms with Gasteiger partial charge in [0.05, 0.1) is 11.0 Å². The smallest absolute Gasteiger partial charge is 0.0853 e. The molecule has 0 aliphatic heterocycles. The molecule has 0 unspecified atom stereocenters. The molecule has 2 nitrogen and oxygen atoms in total. The molecular weight excluding hydrogens is 179 g/mol. The number of nitrogens with zero attached hydrogens (tertiary/aromatic N) is 1. The Balaban J connectivity index is 0.000000605. The fourth-order valence-corrected chi connectivity index (χ4v) is 1.01. The zero-order chi connectivity index (χ0) is 6.97. The van der Waals surface area contributed by atoms with Gasteiger partial charge in [-0.15, -0.1) is 0 Å². The van der Waals surface area contributed by atoms with Gasteiger partial charge in [0.1, 0.15) is 0 Å². The van der Waals surface area contributed by atoms with E-state index in [9.17, 15) is 0 Å². The largest absolute Gasteiger partial charge is 0.368 e. The van der Waals surface area contributed by atoms with Crippen molar-refractivity contribution < 1.29 is 17.1 Å². The molecule has 1 heterocycles. The minimum Gasteiger partial charge on any atom is -0.368 e. The van der Waals surface area contributed by atoms with Crippen molar-refractivity contribution in [2.24, 2.45) is 0 Å². The molecule has 2 aromatic rings. The average Bonchev–Trinajstić information content (AvgIpc) is 2.27. The molecule has 0 aliphatic carbocycles. The summed E-state index contributed by atoms with van der Waals surface area (Å²) in [6.45, 7) is 3.69. The number of hydrogen-bond donors (Lipinski definition) is 1. The summed E-state index contributed by atoms with van der Waals surface area (Å²) in [5, 5.41) is 0. The van der Waals surface area contributed by atoms with Crippen molar-refractivity contribution in [1.29, 1.82) is 0 Å². The topological polar surface area (TPSA) is 28.7 Å². The predicted molar refractivity (Wildman–Crippen MR) is 40.6 cm³/mol. The van der Waals surface area contributed by atoms with Gasteiger partial charge in [0.15, 0.2) is 0 Å². The van der Waals surface area contributed by atoms with Crippen molar-refractivity contribution in [2.45, 2.75) is 0 Å². The first-order chi connectivity index (χ1) is 4.86. The van der Waals surface area contributed by atoms with Crippen LogP contribution in [0.15, 0.2) is 24.3 Å². The quantitative estimate of drug-likeness (QED) is 0.492. The second-order valence-corrected chi connectivity index (χ2v) is 2.20. The summed E-state index contributed by atoms with van der Waals surface area (Å²) >= 11 is 0. The van der Waals surface area contributed by atoms with Crippen LogP contribution in [0.5, 0.6) is 0 Å². The van der Waals surface area contributed by atoms with E-state index in [-0.39, 0.29) is 17.1 Å². The molecule has 0 atom stereocenters. The van der Waals surface area contributed by atoms with E-state index in [0.29, 0.717) is 0 Å². The van der Waals surface area contributed by atoms with Crippen molar-refractivity contribution in [3.05, 3.63) is 37.0 Å². The van der Waals surface area contributed by atoms with E-state index in [1.54, 1.807) is 0 Å². The van der Waals surface area contributed by atoms with E-state index in [1.165, 1.54) is 0 Å². The van der Waals surface area contributed by atoms with E-state index in [4.69, 9.17) is 0 Å². The Morgan fingerprint density at radius 1 is 1.27 bits per heavy atom. The maximum Gasteiger partial charge on any atom is 0.0853 e. The third kappa shape index (κ3) is 1.39. The van der Waals surface area contributed by atoms with Crippen LogP contribution < -0.4 is 0 Å². The van der Waals surface area contributed by atoms with E-state index >= 15 is 0 Å². The Bertz CT molecular complexity index is 321. The van der Waals surface area contributed by atoms with Crippen LogP contribution in [0.3, 0.4) is 0 Å². The molecule has 1 aromatic carbocycles. The molecule has 0 aliphatic rings. The number of H-pyrrole nitrogens is 1. The third-order valence-electron chi connectivity index (χ3n) is 1.44. The van der Waals surface area contributed by atoms with Gasteiger partial charge in [0.25, 0.3) is 0 Å². The van der Waals surface area contributed by atoms with Crippen LogP contribution >= 0.6 is 0 Å². The Morgan fingerprint density at radius 3 is 2.73 bits per heavy atom. The molecule has 1 radical (unpaired) electrons. The summed E-state index contributed by atoms with van der Waals surface area (Å²) in [5.74, 6) is 0.723. The van der Waals surface area contributed by atoms with E-state index in [1.807, 2.05) is 24.3 Å². The van der Waals surface area contributed by atoms with Gasteiger partial charge in [-0.1, -0.05) is 12.1 Å². The third-order valence-corrected chi connectivity index (χ3v) is 1.44. The molecular formula is C8H7MnN2-. The van der Waals surface area contributed by atoms with Crippen LogP contribution in [-0.4, -0.2) is 9.97 Å². The summed E-state index contributed by atoms with van der Waals surface area (Å²) in [6, 6.07) is 7.88. The van der Waals surface area contributed by atoms with Crippen LogP contribution in [0.25, 0.3) is 11.0 Å². The van der Waals surface area contributed by atoms with Gasteiger partial charge in [-0.2, -0.15) is 0 Å². The van der Waals surface area contributed by atoms with Crippen molar-refractivity contribution in [2.75, 3.05) is 0 Å². The molecule has 0 amide bonds. The van der Waals surface area contributed by atoms with Gasteiger partial charge < -0.3 is 11.9 Å². The Hall–Kier alpha value is -0.921. The van der Waals surface area contributed by atoms with Crippen molar-refractivity contribution in [3.63, 3.8) is 0 Å². The minimum absolute atomic E-state index is 0. The first-order valence-electron chi connectivity index (χ1n) is 3.13. The minimum atomic E-state index is 0. The van der Waals surface area contributed by atoms with Crippen LogP contribution in [0.2, 0.25) is 0 Å². The van der Waals surface area contributed by atoms with Gasteiger partial charge in [-0.25, -0.2) is 0 Å². The summed E-state index contributed by atoms with van der Waals surface area (Å²) in [6.07, 6.45) is 0. The van der Waals surface area contributed by atoms with Crippen molar-refractivity contribution in [3.8, 4) is 0 Å². The standard InChI is InChI=1S/C8H7N2.Mn/c1-6-9-7-4-2-3-5-8(7)10-6;/h2-5H,1H2,(H,9,10);/q-1;. The average molecular weight is 186 g/mol. The first kappa shape index (κ1) is 8.18. The molecule has 2 rings (SSSR count). The SMILES string of the molecule is [CH2-]c1nc2ccccc2[nH]1.[Mn]. The normalized spacial score (nSPS) is 9.45. The van der Waals surface area contributed by atoms with Crippen LogP contribution in [0.4, 0.5) is 0 Å². The molecule has 11 heavy (non-hydrogen) atoms. The van der Waals surface area contributed by atoms with Gasteiger partial charge in [0, 0.05) is 17.1 Å². The molecule has 0 fully saturated rings. The Kier molecular flexibility index (Phi) is 2.22. The Labute approximate surface area is 75.5 Å². The first-order valence-corrected chi connectivity index (χ1v) is 3.13. The van der Waals surface area contributed by atoms with Crippen LogP contribution in [-0.2, 0) is 17.1 Å². The maximum atomic E-state index is 4.15. The number of benzene rings is 1. The molecule has 0 spiro atoms. The van der Waals surface area contributed by atoms with E-state index in [2.05, 4.69) is 16.9 Å². The molecule has 0 bridgehead atoms. The number of nitrogens with one attached hydrogen (secondary N) is 1. The van der Waals surface area contributed by atoms with Crippen molar-refractivity contribution >= 4 is 11.0 Å². The molecule has 57 valence electrons.